The van der Waals surface area contributed by atoms with Crippen molar-refractivity contribution < 1.29 is 67.0 Å². The number of halogens is 3. The zero-order chi connectivity index (χ0) is 39.4. The molecule has 4 rings (SSSR count). The number of aromatic hydroxyl groups is 1. The van der Waals surface area contributed by atoms with E-state index in [4.69, 9.17) is 15.2 Å². The molecular formula is C34H43F3N4O11. The molecule has 0 fully saturated rings. The molecule has 0 heterocycles. The summed E-state index contributed by atoms with van der Waals surface area (Å²) in [5.41, 5.74) is 0.117. The van der Waals surface area contributed by atoms with Crippen molar-refractivity contribution >= 4 is 35.2 Å². The quantitative estimate of drug-likeness (QED) is 0.140. The average Bonchev–Trinajstić information content (AvgIpc) is 3.00. The van der Waals surface area contributed by atoms with Crippen LogP contribution in [0.15, 0.2) is 28.7 Å². The number of carbonyl (C=O) groups is 5. The van der Waals surface area contributed by atoms with E-state index < -0.39 is 125 Å². The van der Waals surface area contributed by atoms with Crippen molar-refractivity contribution in [1.29, 1.82) is 0 Å². The topological polar surface area (TPSA) is 220 Å². The number of Topliss-reactive ketones (excluding diaryl/α,β-unsaturated/α-hetero) is 2. The number of fused-ring (bicyclic) bond motifs is 3. The second-order valence-corrected chi connectivity index (χ2v) is 14.6. The molecule has 1 aromatic rings. The summed E-state index contributed by atoms with van der Waals surface area (Å²) in [5.74, 6) is -9.23. The number of benzene rings is 1. The number of allylic oxidation sites excluding steroid dienone is 1. The number of ketones is 2. The monoisotopic (exact) mass is 740 g/mol. The molecule has 0 saturated heterocycles. The molecular weight excluding hydrogens is 697 g/mol. The van der Waals surface area contributed by atoms with Gasteiger partial charge in [-0.15, -0.1) is 0 Å². The van der Waals surface area contributed by atoms with Crippen LogP contribution in [0.2, 0.25) is 0 Å². The first-order valence-corrected chi connectivity index (χ1v) is 16.2. The number of primary amides is 1. The molecule has 52 heavy (non-hydrogen) atoms. The van der Waals surface area contributed by atoms with Crippen molar-refractivity contribution in [2.45, 2.75) is 64.4 Å². The zero-order valence-electron chi connectivity index (χ0n) is 29.8. The van der Waals surface area contributed by atoms with Crippen LogP contribution >= 0.6 is 0 Å². The Labute approximate surface area is 297 Å². The molecule has 0 radical (unpaired) electrons. The fourth-order valence-electron chi connectivity index (χ4n) is 7.02. The molecule has 3 aliphatic carbocycles. The predicted molar refractivity (Wildman–Crippen MR) is 176 cm³/mol. The first-order chi connectivity index (χ1) is 23.8. The van der Waals surface area contributed by atoms with Gasteiger partial charge in [-0.1, -0.05) is 0 Å². The molecule has 15 nitrogen and oxygen atoms in total. The van der Waals surface area contributed by atoms with Crippen LogP contribution in [0, 0.1) is 17.3 Å². The van der Waals surface area contributed by atoms with E-state index in [9.17, 15) is 57.6 Å². The highest BCUT2D eigenvalue weighted by Gasteiger charge is 2.63. The Balaban J connectivity index is 1.81. The minimum absolute atomic E-state index is 0.0468. The minimum Gasteiger partial charge on any atom is -0.510 e. The number of esters is 1. The van der Waals surface area contributed by atoms with Crippen molar-refractivity contribution in [2.75, 3.05) is 46.4 Å². The van der Waals surface area contributed by atoms with E-state index in [1.165, 1.54) is 45.8 Å². The smallest absolute Gasteiger partial charge is 0.412 e. The van der Waals surface area contributed by atoms with Crippen LogP contribution in [-0.2, 0) is 36.8 Å². The first-order valence-electron chi connectivity index (χ1n) is 16.2. The highest BCUT2D eigenvalue weighted by atomic mass is 19.4. The summed E-state index contributed by atoms with van der Waals surface area (Å²) in [6.07, 6.45) is -7.71. The fourth-order valence-corrected chi connectivity index (χ4v) is 7.02. The molecule has 2 amide bonds. The maximum atomic E-state index is 14.3. The Morgan fingerprint density at radius 2 is 1.65 bits per heavy atom. The van der Waals surface area contributed by atoms with E-state index in [0.717, 1.165) is 0 Å². The number of hydrogen-bond donors (Lipinski definition) is 5. The van der Waals surface area contributed by atoms with Crippen molar-refractivity contribution in [1.82, 2.24) is 9.80 Å². The minimum atomic E-state index is -4.71. The van der Waals surface area contributed by atoms with Crippen LogP contribution < -0.4 is 10.6 Å². The van der Waals surface area contributed by atoms with Crippen LogP contribution in [0.4, 0.5) is 23.7 Å². The van der Waals surface area contributed by atoms with E-state index in [1.807, 2.05) is 0 Å². The summed E-state index contributed by atoms with van der Waals surface area (Å²) < 4.78 is 49.7. The van der Waals surface area contributed by atoms with Gasteiger partial charge in [-0.05, 0) is 65.3 Å². The fraction of sp³-hybridized carbons (Fsp3) is 0.559. The lowest BCUT2D eigenvalue weighted by Crippen LogP contribution is -2.63. The molecule has 1 aromatic carbocycles. The molecule has 18 heteroatoms. The molecule has 6 N–H and O–H groups in total. The number of amides is 2. The van der Waals surface area contributed by atoms with E-state index in [-0.39, 0.29) is 24.0 Å². The van der Waals surface area contributed by atoms with Gasteiger partial charge in [0.2, 0.25) is 12.6 Å². The lowest BCUT2D eigenvalue weighted by molar-refractivity contribution is -0.162. The number of alkyl halides is 3. The van der Waals surface area contributed by atoms with Gasteiger partial charge >= 0.3 is 18.2 Å². The molecule has 0 spiro atoms. The number of nitrogens with two attached hydrogens (primary N) is 1. The first kappa shape index (κ1) is 39.9. The number of rotatable bonds is 9. The number of phenolic OH excluding ortho intramolecular Hbond substituents is 1. The Morgan fingerprint density at radius 1 is 1.04 bits per heavy atom. The number of aliphatic hydroxyl groups is 3. The molecule has 4 atom stereocenters. The zero-order valence-corrected chi connectivity index (χ0v) is 29.8. The Bertz CT molecular complexity index is 1760. The Morgan fingerprint density at radius 3 is 2.17 bits per heavy atom. The van der Waals surface area contributed by atoms with Crippen LogP contribution in [0.25, 0.3) is 0 Å². The van der Waals surface area contributed by atoms with E-state index in [1.54, 1.807) is 19.0 Å². The van der Waals surface area contributed by atoms with E-state index >= 15 is 0 Å². The van der Waals surface area contributed by atoms with Crippen LogP contribution in [-0.4, -0.2) is 119 Å². The van der Waals surface area contributed by atoms with Gasteiger partial charge in [0.05, 0.1) is 30.0 Å². The molecule has 3 aliphatic rings. The van der Waals surface area contributed by atoms with Gasteiger partial charge in [-0.3, -0.25) is 24.1 Å². The number of aliphatic hydroxyl groups excluding tert-OH is 2. The highest BCUT2D eigenvalue weighted by molar-refractivity contribution is 6.25. The van der Waals surface area contributed by atoms with Gasteiger partial charge in [0, 0.05) is 43.4 Å². The number of phenols is 1. The van der Waals surface area contributed by atoms with Crippen molar-refractivity contribution in [3.8, 4) is 5.75 Å². The molecule has 0 saturated carbocycles. The Kier molecular flexibility index (Phi) is 10.7. The summed E-state index contributed by atoms with van der Waals surface area (Å²) in [6, 6.07) is 0.192. The highest BCUT2D eigenvalue weighted by Crippen LogP contribution is 2.53. The average molecular weight is 741 g/mol. The third-order valence-corrected chi connectivity index (χ3v) is 9.53. The third-order valence-electron chi connectivity index (χ3n) is 9.53. The molecule has 0 unspecified atom stereocenters. The van der Waals surface area contributed by atoms with Gasteiger partial charge in [0.15, 0.2) is 11.4 Å². The third kappa shape index (κ3) is 7.13. The number of carbonyl (C=O) groups excluding carboxylic acids is 5. The van der Waals surface area contributed by atoms with Gasteiger partial charge in [-0.2, -0.15) is 13.2 Å². The van der Waals surface area contributed by atoms with Crippen molar-refractivity contribution in [3.63, 3.8) is 0 Å². The van der Waals surface area contributed by atoms with Gasteiger partial charge in [0.25, 0.3) is 5.91 Å². The van der Waals surface area contributed by atoms with Crippen molar-refractivity contribution in [3.05, 3.63) is 45.4 Å². The van der Waals surface area contributed by atoms with Crippen LogP contribution in [0.1, 0.15) is 55.1 Å². The maximum Gasteiger partial charge on any atom is 0.412 e. The van der Waals surface area contributed by atoms with E-state index in [0.29, 0.717) is 10.6 Å². The molecule has 0 bridgehead atoms. The SMILES string of the molecule is CN(C)c1cc(CN(CCC(F)(F)F)C(=O)OCOC(=O)C(C)(C)C)c(O)c2c1C[C@H]1C[C@H]3[C@H](N(C)C)C(O)=C(C(N)=O)C(=O)[C@@]3(O)C(O)=C1C2=O. The number of nitrogens with zero attached hydrogens (tertiary/aromatic N) is 3. The maximum absolute atomic E-state index is 14.3. The van der Waals surface area contributed by atoms with Gasteiger partial charge < -0.3 is 45.4 Å². The summed E-state index contributed by atoms with van der Waals surface area (Å²) in [5, 5.41) is 46.0. The van der Waals surface area contributed by atoms with Gasteiger partial charge in [0.1, 0.15) is 22.8 Å². The largest absolute Gasteiger partial charge is 0.510 e. The van der Waals surface area contributed by atoms with Crippen LogP contribution in [0.5, 0.6) is 5.75 Å². The number of ether oxygens (including phenoxy) is 2. The summed E-state index contributed by atoms with van der Waals surface area (Å²) >= 11 is 0. The molecule has 0 aromatic heterocycles. The van der Waals surface area contributed by atoms with Crippen molar-refractivity contribution in [2.24, 2.45) is 23.0 Å². The lowest BCUT2D eigenvalue weighted by Gasteiger charge is -2.50. The van der Waals surface area contributed by atoms with E-state index in [2.05, 4.69) is 0 Å². The molecule has 0 aliphatic heterocycles. The standard InChI is InChI=1S/C34H43F3N4O11/c1-32(2,3)30(48)51-14-52-31(49)41(9-8-33(35,36)37)13-16-12-19(39(4)5)17-10-15-11-18-23(40(6)7)26(44)22(29(38)47)28(46)34(18,50)27(45)20(15)25(43)21(17)24(16)42/h12,15,18,23,42,44-45,50H,8-11,13-14H2,1-7H3,(H2,38,47)/t15-,18-,23-,34-/m0/s1. The summed E-state index contributed by atoms with van der Waals surface area (Å²) in [6.45, 7) is 2.03. The lowest BCUT2D eigenvalue weighted by atomic mass is 9.58. The Hall–Kier alpha value is -4.84. The predicted octanol–water partition coefficient (Wildman–Crippen LogP) is 2.62. The number of anilines is 1. The molecule has 286 valence electrons. The number of hydrogen-bond acceptors (Lipinski definition) is 13. The second-order valence-electron chi connectivity index (χ2n) is 14.6. The summed E-state index contributed by atoms with van der Waals surface area (Å²) in [7, 11) is 6.20. The normalized spacial score (nSPS) is 23.2. The number of likely N-dealkylation sites (N-methyl/N-ethyl adjacent to an activating group) is 1. The van der Waals surface area contributed by atoms with Gasteiger partial charge in [-0.25, -0.2) is 4.79 Å². The summed E-state index contributed by atoms with van der Waals surface area (Å²) in [4.78, 5) is 68.8. The van der Waals surface area contributed by atoms with Crippen LogP contribution in [0.3, 0.4) is 0 Å². The second kappa shape index (κ2) is 13.9.